The average Bonchev–Trinajstić information content (AvgIpc) is 2.70. The second kappa shape index (κ2) is 6.07. The summed E-state index contributed by atoms with van der Waals surface area (Å²) in [7, 11) is 0. The van der Waals surface area contributed by atoms with Crippen molar-refractivity contribution < 1.29 is 17.6 Å². The second-order valence-electron chi connectivity index (χ2n) is 3.85. The Morgan fingerprint density at radius 1 is 1.47 bits per heavy atom. The Morgan fingerprint density at radius 2 is 2.18 bits per heavy atom. The Kier molecular flexibility index (Phi) is 5.02. The third kappa shape index (κ3) is 4.40. The third-order valence-corrected chi connectivity index (χ3v) is 2.43. The summed E-state index contributed by atoms with van der Waals surface area (Å²) < 4.78 is 42.5. The van der Waals surface area contributed by atoms with Crippen molar-refractivity contribution in [2.45, 2.75) is 25.6 Å². The number of hydrogen-bond acceptors (Lipinski definition) is 3. The number of nitrogens with two attached hydrogens (primary N) is 1. The van der Waals surface area contributed by atoms with Gasteiger partial charge in [0.1, 0.15) is 5.76 Å². The maximum Gasteiger partial charge on any atom is 0.401 e. The van der Waals surface area contributed by atoms with E-state index in [1.165, 1.54) is 11.2 Å². The molecule has 0 radical (unpaired) electrons. The molecule has 1 rings (SSSR count). The molecule has 1 unspecified atom stereocenters. The van der Waals surface area contributed by atoms with Crippen LogP contribution in [0.2, 0.25) is 0 Å². The predicted molar refractivity (Wildman–Crippen MR) is 58.4 cm³/mol. The fraction of sp³-hybridized carbons (Fsp3) is 0.636. The molecule has 1 atom stereocenters. The van der Waals surface area contributed by atoms with Gasteiger partial charge in [0.15, 0.2) is 0 Å². The van der Waals surface area contributed by atoms with Crippen molar-refractivity contribution in [1.29, 1.82) is 0 Å². The average molecular weight is 250 g/mol. The van der Waals surface area contributed by atoms with Crippen LogP contribution in [0.4, 0.5) is 13.2 Å². The van der Waals surface area contributed by atoms with Crippen LogP contribution in [0.3, 0.4) is 0 Å². The lowest BCUT2D eigenvalue weighted by molar-refractivity contribution is -0.151. The highest BCUT2D eigenvalue weighted by atomic mass is 19.4. The Balaban J connectivity index is 2.80. The lowest BCUT2D eigenvalue weighted by Gasteiger charge is -2.29. The molecule has 0 spiro atoms. The van der Waals surface area contributed by atoms with Gasteiger partial charge in [-0.3, -0.25) is 4.90 Å². The zero-order valence-corrected chi connectivity index (χ0v) is 9.70. The Hall–Kier alpha value is -1.01. The fourth-order valence-electron chi connectivity index (χ4n) is 1.79. The highest BCUT2D eigenvalue weighted by Crippen LogP contribution is 2.25. The molecule has 0 saturated heterocycles. The molecule has 1 heterocycles. The highest BCUT2D eigenvalue weighted by molar-refractivity contribution is 5.05. The van der Waals surface area contributed by atoms with Crippen LogP contribution in [0, 0.1) is 0 Å². The standard InChI is InChI=1S/C11H17F3N2O/c1-2-5-16(8-11(12,13)14)9(7-15)10-4-3-6-17-10/h3-4,6,9H,2,5,7-8,15H2,1H3. The van der Waals surface area contributed by atoms with Crippen molar-refractivity contribution in [3.63, 3.8) is 0 Å². The van der Waals surface area contributed by atoms with Crippen LogP contribution in [0.25, 0.3) is 0 Å². The van der Waals surface area contributed by atoms with Gasteiger partial charge in [0.25, 0.3) is 0 Å². The van der Waals surface area contributed by atoms with Crippen molar-refractivity contribution in [1.82, 2.24) is 4.90 Å². The molecule has 17 heavy (non-hydrogen) atoms. The van der Waals surface area contributed by atoms with Gasteiger partial charge in [-0.05, 0) is 25.1 Å². The molecule has 0 aliphatic heterocycles. The van der Waals surface area contributed by atoms with E-state index in [2.05, 4.69) is 0 Å². The molecule has 0 aliphatic carbocycles. The topological polar surface area (TPSA) is 42.4 Å². The van der Waals surface area contributed by atoms with Gasteiger partial charge < -0.3 is 10.2 Å². The molecule has 2 N–H and O–H groups in total. The maximum atomic E-state index is 12.5. The Labute approximate surface area is 98.4 Å². The molecule has 98 valence electrons. The van der Waals surface area contributed by atoms with E-state index in [1.807, 2.05) is 6.92 Å². The monoisotopic (exact) mass is 250 g/mol. The van der Waals surface area contributed by atoms with E-state index in [4.69, 9.17) is 10.2 Å². The molecule has 0 aromatic carbocycles. The van der Waals surface area contributed by atoms with Crippen molar-refractivity contribution >= 4 is 0 Å². The van der Waals surface area contributed by atoms with Crippen molar-refractivity contribution in [2.75, 3.05) is 19.6 Å². The largest absolute Gasteiger partial charge is 0.468 e. The number of furan rings is 1. The molecule has 3 nitrogen and oxygen atoms in total. The molecule has 1 aromatic rings. The molecule has 0 aliphatic rings. The number of nitrogens with zero attached hydrogens (tertiary/aromatic N) is 1. The molecular formula is C11H17F3N2O. The van der Waals surface area contributed by atoms with Crippen LogP contribution in [0.1, 0.15) is 25.1 Å². The normalized spacial score (nSPS) is 14.2. The SMILES string of the molecule is CCCN(CC(F)(F)F)C(CN)c1ccco1. The van der Waals surface area contributed by atoms with Crippen LogP contribution in [-0.2, 0) is 0 Å². The lowest BCUT2D eigenvalue weighted by Crippen LogP contribution is -2.40. The zero-order valence-electron chi connectivity index (χ0n) is 9.70. The van der Waals surface area contributed by atoms with E-state index in [-0.39, 0.29) is 6.54 Å². The Bertz CT molecular complexity index is 311. The first kappa shape index (κ1) is 14.1. The minimum atomic E-state index is -4.23. The minimum Gasteiger partial charge on any atom is -0.468 e. The van der Waals surface area contributed by atoms with Gasteiger partial charge in [-0.25, -0.2) is 0 Å². The molecule has 1 aromatic heterocycles. The summed E-state index contributed by atoms with van der Waals surface area (Å²) in [6.07, 6.45) is -2.15. The van der Waals surface area contributed by atoms with E-state index in [0.29, 0.717) is 18.7 Å². The van der Waals surface area contributed by atoms with E-state index in [0.717, 1.165) is 0 Å². The first-order valence-electron chi connectivity index (χ1n) is 5.52. The summed E-state index contributed by atoms with van der Waals surface area (Å²) in [5.41, 5.74) is 5.54. The second-order valence-corrected chi connectivity index (χ2v) is 3.85. The lowest BCUT2D eigenvalue weighted by atomic mass is 10.1. The summed E-state index contributed by atoms with van der Waals surface area (Å²) in [5.74, 6) is 0.477. The molecule has 0 fully saturated rings. The predicted octanol–water partition coefficient (Wildman–Crippen LogP) is 2.55. The molecule has 0 bridgehead atoms. The van der Waals surface area contributed by atoms with Crippen LogP contribution in [0.5, 0.6) is 0 Å². The molecule has 0 saturated carbocycles. The number of rotatable bonds is 6. The number of halogens is 3. The van der Waals surface area contributed by atoms with Crippen LogP contribution >= 0.6 is 0 Å². The summed E-state index contributed by atoms with van der Waals surface area (Å²) in [5, 5.41) is 0. The van der Waals surface area contributed by atoms with Gasteiger partial charge in [0.2, 0.25) is 0 Å². The van der Waals surface area contributed by atoms with E-state index >= 15 is 0 Å². The van der Waals surface area contributed by atoms with Crippen molar-refractivity contribution in [3.05, 3.63) is 24.2 Å². The summed E-state index contributed by atoms with van der Waals surface area (Å²) >= 11 is 0. The first-order chi connectivity index (χ1) is 7.98. The van der Waals surface area contributed by atoms with Gasteiger partial charge in [0, 0.05) is 6.54 Å². The zero-order chi connectivity index (χ0) is 12.9. The van der Waals surface area contributed by atoms with E-state index in [9.17, 15) is 13.2 Å². The molecular weight excluding hydrogens is 233 g/mol. The summed E-state index contributed by atoms with van der Waals surface area (Å²) in [4.78, 5) is 1.30. The van der Waals surface area contributed by atoms with Crippen LogP contribution in [-0.4, -0.2) is 30.7 Å². The molecule has 0 amide bonds. The number of hydrogen-bond donors (Lipinski definition) is 1. The maximum absolute atomic E-state index is 12.5. The van der Waals surface area contributed by atoms with Gasteiger partial charge in [-0.1, -0.05) is 6.92 Å². The molecule has 6 heteroatoms. The van der Waals surface area contributed by atoms with Crippen LogP contribution < -0.4 is 5.73 Å². The summed E-state index contributed by atoms with van der Waals surface area (Å²) in [6.45, 7) is 1.30. The van der Waals surface area contributed by atoms with Crippen molar-refractivity contribution in [3.8, 4) is 0 Å². The fourth-order valence-corrected chi connectivity index (χ4v) is 1.79. The van der Waals surface area contributed by atoms with E-state index < -0.39 is 18.8 Å². The number of alkyl halides is 3. The smallest absolute Gasteiger partial charge is 0.401 e. The van der Waals surface area contributed by atoms with Gasteiger partial charge in [-0.15, -0.1) is 0 Å². The van der Waals surface area contributed by atoms with Gasteiger partial charge in [-0.2, -0.15) is 13.2 Å². The minimum absolute atomic E-state index is 0.101. The first-order valence-corrected chi connectivity index (χ1v) is 5.52. The Morgan fingerprint density at radius 3 is 2.59 bits per heavy atom. The van der Waals surface area contributed by atoms with Gasteiger partial charge >= 0.3 is 6.18 Å². The summed E-state index contributed by atoms with van der Waals surface area (Å²) in [6, 6.07) is 2.78. The van der Waals surface area contributed by atoms with Gasteiger partial charge in [0.05, 0.1) is 18.8 Å². The quantitative estimate of drug-likeness (QED) is 0.843. The van der Waals surface area contributed by atoms with Crippen molar-refractivity contribution in [2.24, 2.45) is 5.73 Å². The van der Waals surface area contributed by atoms with Crippen LogP contribution in [0.15, 0.2) is 22.8 Å². The highest BCUT2D eigenvalue weighted by Gasteiger charge is 2.34. The third-order valence-electron chi connectivity index (χ3n) is 2.43. The van der Waals surface area contributed by atoms with E-state index in [1.54, 1.807) is 12.1 Å².